The van der Waals surface area contributed by atoms with E-state index in [9.17, 15) is 5.11 Å². The maximum absolute atomic E-state index is 10.3. The summed E-state index contributed by atoms with van der Waals surface area (Å²) in [5.74, 6) is 3.61. The van der Waals surface area contributed by atoms with Gasteiger partial charge in [-0.05, 0) is 37.7 Å². The van der Waals surface area contributed by atoms with Crippen molar-refractivity contribution in [3.05, 3.63) is 22.7 Å². The SMILES string of the molecule is Cn1nc(OCC2CCOC2)c2c1=C(NC1=NNC(C3CCC(OC(O)NCC4C=CC=NC4)C3)C1)NCC=2. The van der Waals surface area contributed by atoms with Crippen molar-refractivity contribution in [3.63, 3.8) is 0 Å². The Morgan fingerprint density at radius 2 is 2.26 bits per heavy atom. The zero-order valence-corrected chi connectivity index (χ0v) is 22.5. The second kappa shape index (κ2) is 12.1. The van der Waals surface area contributed by atoms with Gasteiger partial charge in [-0.3, -0.25) is 15.0 Å². The van der Waals surface area contributed by atoms with Gasteiger partial charge in [-0.2, -0.15) is 5.10 Å². The Morgan fingerprint density at radius 3 is 3.10 bits per heavy atom. The molecular formula is C27H40N8O4. The molecule has 0 spiro atoms. The maximum atomic E-state index is 10.3. The molecule has 1 aromatic heterocycles. The van der Waals surface area contributed by atoms with E-state index < -0.39 is 6.41 Å². The summed E-state index contributed by atoms with van der Waals surface area (Å²) in [7, 11) is 1.94. The topological polar surface area (TPSA) is 139 Å². The molecule has 12 nitrogen and oxygen atoms in total. The van der Waals surface area contributed by atoms with Crippen LogP contribution in [0, 0.1) is 17.8 Å². The van der Waals surface area contributed by atoms with Gasteiger partial charge in [0.05, 0.1) is 30.6 Å². The molecule has 1 aromatic rings. The molecule has 6 atom stereocenters. The standard InChI is InChI=1S/C27H40N8O4/c1-35-24-21(26(34-35)38-16-18-7-10-37-15-18)6-9-29-25(24)31-23-12-22(32-33-23)19-4-5-20(11-19)39-27(36)30-14-17-3-2-8-28-13-17/h2-3,6,8,17-20,22,27,29-30,32,36H,4-5,7,9-16H2,1H3,(H,31,33). The molecule has 0 radical (unpaired) electrons. The summed E-state index contributed by atoms with van der Waals surface area (Å²) in [5.41, 5.74) is 3.34. The zero-order valence-electron chi connectivity index (χ0n) is 22.5. The van der Waals surface area contributed by atoms with Crippen molar-refractivity contribution in [2.75, 3.05) is 39.5 Å². The quantitative estimate of drug-likeness (QED) is 0.233. The van der Waals surface area contributed by atoms with Crippen LogP contribution in [0.1, 0.15) is 32.1 Å². The molecule has 5 aliphatic rings. The third-order valence-electron chi connectivity index (χ3n) is 8.18. The fourth-order valence-corrected chi connectivity index (χ4v) is 6.01. The predicted octanol–water partition coefficient (Wildman–Crippen LogP) is -1.14. The van der Waals surface area contributed by atoms with Crippen LogP contribution in [0.15, 0.2) is 22.2 Å². The van der Waals surface area contributed by atoms with Crippen molar-refractivity contribution >= 4 is 23.9 Å². The number of aryl methyl sites for hydroxylation is 1. The molecule has 1 saturated heterocycles. The third-order valence-corrected chi connectivity index (χ3v) is 8.18. The number of dihydropyridines is 1. The minimum atomic E-state index is -0.961. The molecule has 0 amide bonds. The first-order valence-electron chi connectivity index (χ1n) is 14.2. The number of ether oxygens (including phenoxy) is 3. The van der Waals surface area contributed by atoms with Crippen molar-refractivity contribution in [2.45, 2.75) is 50.7 Å². The van der Waals surface area contributed by atoms with Crippen molar-refractivity contribution < 1.29 is 19.3 Å². The Balaban J connectivity index is 0.997. The van der Waals surface area contributed by atoms with Gasteiger partial charge in [0.2, 0.25) is 12.3 Å². The van der Waals surface area contributed by atoms with Crippen molar-refractivity contribution in [1.29, 1.82) is 0 Å². The normalized spacial score (nSPS) is 30.4. The number of aliphatic hydroxyl groups is 1. The second-order valence-corrected chi connectivity index (χ2v) is 11.1. The van der Waals surface area contributed by atoms with E-state index in [1.807, 2.05) is 24.0 Å². The van der Waals surface area contributed by atoms with E-state index in [1.165, 1.54) is 0 Å². The number of rotatable bonds is 10. The lowest BCUT2D eigenvalue weighted by atomic mass is 9.96. The number of amidine groups is 1. The van der Waals surface area contributed by atoms with Crippen LogP contribution in [0.5, 0.6) is 5.88 Å². The van der Waals surface area contributed by atoms with Crippen molar-refractivity contribution in [2.24, 2.45) is 34.9 Å². The summed E-state index contributed by atoms with van der Waals surface area (Å²) >= 11 is 0. The lowest BCUT2D eigenvalue weighted by Crippen LogP contribution is -2.46. The highest BCUT2D eigenvalue weighted by Crippen LogP contribution is 2.33. The van der Waals surface area contributed by atoms with E-state index in [0.717, 1.165) is 74.1 Å². The zero-order chi connectivity index (χ0) is 26.6. The van der Waals surface area contributed by atoms with Gasteiger partial charge < -0.3 is 35.4 Å². The van der Waals surface area contributed by atoms with E-state index in [0.29, 0.717) is 43.3 Å². The summed E-state index contributed by atoms with van der Waals surface area (Å²) in [6.45, 7) is 4.27. The molecule has 0 bridgehead atoms. The second-order valence-electron chi connectivity index (χ2n) is 11.1. The first-order chi connectivity index (χ1) is 19.1. The molecule has 6 unspecified atom stereocenters. The maximum Gasteiger partial charge on any atom is 0.240 e. The van der Waals surface area contributed by atoms with Gasteiger partial charge in [-0.1, -0.05) is 12.2 Å². The third kappa shape index (κ3) is 6.29. The minimum absolute atomic E-state index is 0.0346. The number of aliphatic imine (C=N–C) groups is 1. The highest BCUT2D eigenvalue weighted by atomic mass is 16.6. The summed E-state index contributed by atoms with van der Waals surface area (Å²) in [6.07, 6.45) is 11.8. The summed E-state index contributed by atoms with van der Waals surface area (Å²) < 4.78 is 19.3. The molecule has 4 aliphatic heterocycles. The Morgan fingerprint density at radius 1 is 1.31 bits per heavy atom. The Hall–Kier alpha value is -2.93. The summed E-state index contributed by atoms with van der Waals surface area (Å²) in [4.78, 5) is 4.26. The summed E-state index contributed by atoms with van der Waals surface area (Å²) in [5, 5.41) is 31.6. The first-order valence-corrected chi connectivity index (χ1v) is 14.2. The Bertz CT molecular complexity index is 1220. The van der Waals surface area contributed by atoms with Crippen LogP contribution in [0.3, 0.4) is 0 Å². The molecule has 12 heteroatoms. The van der Waals surface area contributed by atoms with Crippen LogP contribution in [0.25, 0.3) is 11.9 Å². The van der Waals surface area contributed by atoms with Crippen molar-refractivity contribution in [1.82, 2.24) is 31.2 Å². The predicted molar refractivity (Wildman–Crippen MR) is 147 cm³/mol. The molecule has 6 rings (SSSR count). The molecule has 1 saturated carbocycles. The fraction of sp³-hybridized carbons (Fsp3) is 0.667. The first kappa shape index (κ1) is 26.3. The number of aromatic nitrogens is 2. The van der Waals surface area contributed by atoms with Crippen LogP contribution in [0.2, 0.25) is 0 Å². The lowest BCUT2D eigenvalue weighted by molar-refractivity contribution is -0.153. The number of fused-ring (bicyclic) bond motifs is 1. The van der Waals surface area contributed by atoms with Crippen LogP contribution in [-0.4, -0.2) is 85.0 Å². The highest BCUT2D eigenvalue weighted by Gasteiger charge is 2.35. The van der Waals surface area contributed by atoms with Crippen molar-refractivity contribution in [3.8, 4) is 5.88 Å². The average Bonchev–Trinajstić information content (AvgIpc) is 3.76. The van der Waals surface area contributed by atoms with Gasteiger partial charge in [-0.15, -0.1) is 5.10 Å². The molecule has 0 aromatic carbocycles. The Kier molecular flexibility index (Phi) is 8.14. The van der Waals surface area contributed by atoms with Gasteiger partial charge in [0.15, 0.2) is 0 Å². The average molecular weight is 541 g/mol. The molecular weight excluding hydrogens is 500 g/mol. The van der Waals surface area contributed by atoms with Gasteiger partial charge in [-0.25, -0.2) is 0 Å². The van der Waals surface area contributed by atoms with E-state index in [1.54, 1.807) is 0 Å². The van der Waals surface area contributed by atoms with E-state index in [-0.39, 0.29) is 12.1 Å². The Labute approximate surface area is 228 Å². The molecule has 212 valence electrons. The van der Waals surface area contributed by atoms with Gasteiger partial charge in [0, 0.05) is 57.8 Å². The van der Waals surface area contributed by atoms with Gasteiger partial charge in [0.25, 0.3) is 0 Å². The highest BCUT2D eigenvalue weighted by molar-refractivity contribution is 5.89. The number of nitrogens with one attached hydrogen (secondary N) is 4. The van der Waals surface area contributed by atoms with Crippen LogP contribution < -0.4 is 36.7 Å². The molecule has 2 fully saturated rings. The van der Waals surface area contributed by atoms with E-state index in [2.05, 4.69) is 48.7 Å². The number of nitrogens with zero attached hydrogens (tertiary/aromatic N) is 4. The van der Waals surface area contributed by atoms with Crippen LogP contribution in [0.4, 0.5) is 0 Å². The number of allylic oxidation sites excluding steroid dienone is 1. The number of hydrazone groups is 1. The fourth-order valence-electron chi connectivity index (χ4n) is 6.01. The van der Waals surface area contributed by atoms with Gasteiger partial charge >= 0.3 is 0 Å². The number of hydrogen-bond acceptors (Lipinski definition) is 11. The number of hydrogen-bond donors (Lipinski definition) is 5. The number of aliphatic hydroxyl groups excluding tert-OH is 1. The summed E-state index contributed by atoms with van der Waals surface area (Å²) in [6, 6.07) is 0.241. The molecule has 39 heavy (non-hydrogen) atoms. The molecule has 1 aliphatic carbocycles. The molecule has 5 N–H and O–H groups in total. The van der Waals surface area contributed by atoms with E-state index in [4.69, 9.17) is 14.2 Å². The van der Waals surface area contributed by atoms with Crippen LogP contribution in [-0.2, 0) is 16.5 Å². The monoisotopic (exact) mass is 540 g/mol. The lowest BCUT2D eigenvalue weighted by Gasteiger charge is -2.22. The minimum Gasteiger partial charge on any atom is -0.476 e. The smallest absolute Gasteiger partial charge is 0.240 e. The van der Waals surface area contributed by atoms with Crippen LogP contribution >= 0.6 is 0 Å². The van der Waals surface area contributed by atoms with E-state index >= 15 is 0 Å². The van der Waals surface area contributed by atoms with Gasteiger partial charge in [0.1, 0.15) is 17.0 Å². The largest absolute Gasteiger partial charge is 0.476 e. The molecule has 5 heterocycles.